The van der Waals surface area contributed by atoms with Gasteiger partial charge < -0.3 is 20.1 Å². The van der Waals surface area contributed by atoms with E-state index in [0.29, 0.717) is 55.8 Å². The van der Waals surface area contributed by atoms with Crippen LogP contribution in [0.15, 0.2) is 30.5 Å². The van der Waals surface area contributed by atoms with Crippen LogP contribution in [0.4, 0.5) is 14.6 Å². The number of benzene rings is 1. The molecule has 0 aliphatic carbocycles. The second kappa shape index (κ2) is 9.93. The Morgan fingerprint density at radius 1 is 1.26 bits per heavy atom. The van der Waals surface area contributed by atoms with Crippen molar-refractivity contribution in [2.45, 2.75) is 43.4 Å². The Morgan fingerprint density at radius 2 is 2.16 bits per heavy atom. The van der Waals surface area contributed by atoms with Crippen molar-refractivity contribution in [2.75, 3.05) is 44.2 Å². The molecule has 0 bridgehead atoms. The molecule has 3 aliphatic rings. The molecule has 3 aromatic rings. The van der Waals surface area contributed by atoms with E-state index < -0.39 is 17.5 Å². The highest BCUT2D eigenvalue weighted by molar-refractivity contribution is 5.92. The summed E-state index contributed by atoms with van der Waals surface area (Å²) >= 11 is 0. The van der Waals surface area contributed by atoms with E-state index in [0.717, 1.165) is 19.4 Å². The highest BCUT2D eigenvalue weighted by Crippen LogP contribution is 2.40. The molecule has 38 heavy (non-hydrogen) atoms. The minimum Gasteiger partial charge on any atom is -0.508 e. The van der Waals surface area contributed by atoms with Gasteiger partial charge in [0, 0.05) is 50.4 Å². The molecule has 2 N–H and O–H groups in total. The molecule has 6 rings (SSSR count). The van der Waals surface area contributed by atoms with Crippen LogP contribution in [0.1, 0.15) is 25.7 Å². The maximum atomic E-state index is 16.0. The van der Waals surface area contributed by atoms with Gasteiger partial charge in [0.15, 0.2) is 5.82 Å². The molecule has 11 heteroatoms. The standard InChI is InChI=1S/C27H29F2N7O2/c28-18-12-27(6-2-9-36(27)14-18)16-38-26-33-24-21(25(34-26)35-10-8-31-19(15-35)5-7-30)13-32-23(22(24)29)17-3-1-4-20(37)11-17/h1,3-4,11,13,18-19,31,37H,2,5-6,8-10,12,14-16H2/t18-,19+,27+/m1/s1. The number of alkyl halides is 1. The van der Waals surface area contributed by atoms with Gasteiger partial charge in [0.25, 0.3) is 0 Å². The molecule has 3 fully saturated rings. The molecular formula is C27H29F2N7O2. The van der Waals surface area contributed by atoms with Crippen molar-refractivity contribution in [1.29, 1.82) is 5.26 Å². The maximum absolute atomic E-state index is 16.0. The zero-order valence-electron chi connectivity index (χ0n) is 20.9. The van der Waals surface area contributed by atoms with Crippen molar-refractivity contribution in [2.24, 2.45) is 0 Å². The van der Waals surface area contributed by atoms with Crippen LogP contribution in [-0.4, -0.2) is 82.0 Å². The van der Waals surface area contributed by atoms with Crippen LogP contribution in [0.2, 0.25) is 0 Å². The number of aromatic nitrogens is 3. The first-order valence-corrected chi connectivity index (χ1v) is 13.0. The minimum atomic E-state index is -0.890. The van der Waals surface area contributed by atoms with Gasteiger partial charge in [-0.05, 0) is 31.5 Å². The summed E-state index contributed by atoms with van der Waals surface area (Å²) in [5, 5.41) is 22.9. The number of fused-ring (bicyclic) bond motifs is 2. The van der Waals surface area contributed by atoms with Gasteiger partial charge >= 0.3 is 6.01 Å². The van der Waals surface area contributed by atoms with Gasteiger partial charge in [-0.2, -0.15) is 15.2 Å². The fourth-order valence-corrected chi connectivity index (χ4v) is 6.09. The zero-order valence-corrected chi connectivity index (χ0v) is 20.9. The maximum Gasteiger partial charge on any atom is 0.319 e. The Balaban J connectivity index is 1.41. The van der Waals surface area contributed by atoms with Crippen LogP contribution in [0.3, 0.4) is 0 Å². The SMILES string of the molecule is N#CC[C@H]1CN(c2nc(OC[C@@]34CCCN3C[C@H](F)C4)nc3c(F)c(-c4cccc(O)c4)ncc23)CCN1. The van der Waals surface area contributed by atoms with Crippen molar-refractivity contribution < 1.29 is 18.6 Å². The molecule has 9 nitrogen and oxygen atoms in total. The first-order chi connectivity index (χ1) is 18.5. The van der Waals surface area contributed by atoms with Crippen LogP contribution in [0.25, 0.3) is 22.2 Å². The number of phenolic OH excluding ortho intramolecular Hbond substituents is 1. The number of nitriles is 1. The Labute approximate surface area is 219 Å². The quantitative estimate of drug-likeness (QED) is 0.505. The Hall–Kier alpha value is -3.62. The second-order valence-electron chi connectivity index (χ2n) is 10.4. The minimum absolute atomic E-state index is 0.00338. The summed E-state index contributed by atoms with van der Waals surface area (Å²) < 4.78 is 36.4. The molecule has 0 unspecified atom stereocenters. The van der Waals surface area contributed by atoms with Gasteiger partial charge in [0.05, 0.1) is 23.4 Å². The predicted molar refractivity (Wildman–Crippen MR) is 137 cm³/mol. The number of nitrogens with zero attached hydrogens (tertiary/aromatic N) is 6. The van der Waals surface area contributed by atoms with Crippen molar-refractivity contribution in [1.82, 2.24) is 25.2 Å². The molecule has 5 heterocycles. The zero-order chi connectivity index (χ0) is 26.3. The summed E-state index contributed by atoms with van der Waals surface area (Å²) in [6, 6.07) is 8.41. The third-order valence-corrected chi connectivity index (χ3v) is 7.89. The largest absolute Gasteiger partial charge is 0.508 e. The highest BCUT2D eigenvalue weighted by Gasteiger charge is 2.49. The van der Waals surface area contributed by atoms with Crippen LogP contribution < -0.4 is 15.0 Å². The van der Waals surface area contributed by atoms with Gasteiger partial charge in [-0.15, -0.1) is 0 Å². The fraction of sp³-hybridized carbons (Fsp3) is 0.481. The van der Waals surface area contributed by atoms with Crippen LogP contribution in [-0.2, 0) is 0 Å². The highest BCUT2D eigenvalue weighted by atomic mass is 19.1. The third kappa shape index (κ3) is 4.48. The number of aromatic hydroxyl groups is 1. The van der Waals surface area contributed by atoms with Gasteiger partial charge in [0.2, 0.25) is 0 Å². The van der Waals surface area contributed by atoms with E-state index in [1.165, 1.54) is 12.1 Å². The molecular weight excluding hydrogens is 492 g/mol. The molecule has 198 valence electrons. The van der Waals surface area contributed by atoms with Crippen molar-refractivity contribution in [3.8, 4) is 29.1 Å². The monoisotopic (exact) mass is 521 g/mol. The molecule has 3 atom stereocenters. The van der Waals surface area contributed by atoms with E-state index in [4.69, 9.17) is 9.72 Å². The molecule has 1 aromatic carbocycles. The van der Waals surface area contributed by atoms with E-state index in [-0.39, 0.29) is 35.6 Å². The smallest absolute Gasteiger partial charge is 0.319 e. The summed E-state index contributed by atoms with van der Waals surface area (Å²) in [5.74, 6) is -0.154. The third-order valence-electron chi connectivity index (χ3n) is 7.89. The lowest BCUT2D eigenvalue weighted by Gasteiger charge is -2.34. The average Bonchev–Trinajstić information content (AvgIpc) is 3.43. The van der Waals surface area contributed by atoms with Crippen LogP contribution in [0, 0.1) is 17.1 Å². The van der Waals surface area contributed by atoms with Crippen molar-refractivity contribution in [3.63, 3.8) is 0 Å². The number of piperazine rings is 1. The Kier molecular flexibility index (Phi) is 6.45. The number of pyridine rings is 1. The lowest BCUT2D eigenvalue weighted by atomic mass is 9.95. The molecule has 0 amide bonds. The number of phenols is 1. The average molecular weight is 522 g/mol. The topological polar surface area (TPSA) is 110 Å². The van der Waals surface area contributed by atoms with Crippen LogP contribution >= 0.6 is 0 Å². The summed E-state index contributed by atoms with van der Waals surface area (Å²) in [6.07, 6.45) is 3.20. The number of hydrogen-bond acceptors (Lipinski definition) is 9. The lowest BCUT2D eigenvalue weighted by Crippen LogP contribution is -2.51. The second-order valence-corrected chi connectivity index (χ2v) is 10.4. The number of nitrogens with one attached hydrogen (secondary N) is 1. The number of ether oxygens (including phenoxy) is 1. The van der Waals surface area contributed by atoms with Crippen LogP contribution in [0.5, 0.6) is 11.8 Å². The number of hydrogen-bond donors (Lipinski definition) is 2. The molecule has 0 spiro atoms. The van der Waals surface area contributed by atoms with Crippen molar-refractivity contribution >= 4 is 16.7 Å². The Bertz CT molecular complexity index is 1400. The molecule has 0 saturated carbocycles. The number of halogens is 2. The van der Waals surface area contributed by atoms with E-state index in [1.54, 1.807) is 18.3 Å². The van der Waals surface area contributed by atoms with Gasteiger partial charge in [-0.3, -0.25) is 9.88 Å². The summed E-state index contributed by atoms with van der Waals surface area (Å²) in [5.41, 5.74) is 0.144. The van der Waals surface area contributed by atoms with E-state index in [9.17, 15) is 14.8 Å². The molecule has 0 radical (unpaired) electrons. The van der Waals surface area contributed by atoms with E-state index in [1.807, 2.05) is 4.90 Å². The molecule has 3 aliphatic heterocycles. The summed E-state index contributed by atoms with van der Waals surface area (Å²) in [4.78, 5) is 17.7. The van der Waals surface area contributed by atoms with E-state index >= 15 is 4.39 Å². The van der Waals surface area contributed by atoms with Crippen molar-refractivity contribution in [3.05, 3.63) is 36.3 Å². The summed E-state index contributed by atoms with van der Waals surface area (Å²) in [7, 11) is 0. The normalized spacial score (nSPS) is 25.4. The molecule has 3 saturated heterocycles. The first-order valence-electron chi connectivity index (χ1n) is 13.0. The predicted octanol–water partition coefficient (Wildman–Crippen LogP) is 3.18. The fourth-order valence-electron chi connectivity index (χ4n) is 6.09. The Morgan fingerprint density at radius 3 is 3.00 bits per heavy atom. The lowest BCUT2D eigenvalue weighted by molar-refractivity contribution is 0.107. The summed E-state index contributed by atoms with van der Waals surface area (Å²) in [6.45, 7) is 3.22. The van der Waals surface area contributed by atoms with Gasteiger partial charge in [0.1, 0.15) is 35.6 Å². The molecule has 2 aromatic heterocycles. The number of rotatable bonds is 6. The van der Waals surface area contributed by atoms with Gasteiger partial charge in [-0.1, -0.05) is 12.1 Å². The first kappa shape index (κ1) is 24.7. The number of anilines is 1. The van der Waals surface area contributed by atoms with Gasteiger partial charge in [-0.25, -0.2) is 8.78 Å². The van der Waals surface area contributed by atoms with E-state index in [2.05, 4.69) is 26.3 Å².